The van der Waals surface area contributed by atoms with Gasteiger partial charge in [0.25, 0.3) is 0 Å². The summed E-state index contributed by atoms with van der Waals surface area (Å²) in [7, 11) is 1.55. The van der Waals surface area contributed by atoms with E-state index in [1.165, 1.54) is 18.6 Å². The zero-order chi connectivity index (χ0) is 35.8. The Bertz CT molecular complexity index is 1300. The third kappa shape index (κ3) is 9.79. The minimum Gasteiger partial charge on any atom is -0.385 e. The lowest BCUT2D eigenvalue weighted by molar-refractivity contribution is -0.144. The number of carbonyl (C=O) groups is 5. The van der Waals surface area contributed by atoms with Crippen LogP contribution in [0.5, 0.6) is 0 Å². The van der Waals surface area contributed by atoms with Gasteiger partial charge in [0.05, 0.1) is 18.3 Å². The number of carbonyl (C=O) groups excluding carboxylic acids is 5. The average Bonchev–Trinajstić information content (AvgIpc) is 3.68. The number of aliphatic hydroxyl groups is 1. The molecule has 3 unspecified atom stereocenters. The van der Waals surface area contributed by atoms with Crippen LogP contribution in [0, 0.1) is 41.4 Å². The Morgan fingerprint density at radius 3 is 2.33 bits per heavy atom. The Labute approximate surface area is 290 Å². The number of rotatable bonds is 20. The Kier molecular flexibility index (Phi) is 14.0. The molecule has 12 nitrogen and oxygen atoms in total. The number of aliphatic hydroxyl groups excluding tert-OH is 1. The molecule has 0 bridgehead atoms. The number of methoxy groups -OCH3 is 1. The third-order valence-electron chi connectivity index (χ3n) is 10.7. The van der Waals surface area contributed by atoms with Crippen LogP contribution in [0.1, 0.15) is 103 Å². The Balaban J connectivity index is 1.56. The molecule has 0 spiro atoms. The van der Waals surface area contributed by atoms with Crippen molar-refractivity contribution in [2.24, 2.45) is 41.4 Å². The highest BCUT2D eigenvalue weighted by atomic mass is 16.7. The highest BCUT2D eigenvalue weighted by Crippen LogP contribution is 2.45. The predicted molar refractivity (Wildman–Crippen MR) is 181 cm³/mol. The van der Waals surface area contributed by atoms with Crippen molar-refractivity contribution >= 4 is 29.2 Å². The lowest BCUT2D eigenvalue weighted by atomic mass is 9.83. The molecule has 8 atom stereocenters. The van der Waals surface area contributed by atoms with E-state index in [9.17, 15) is 29.1 Å². The molecule has 2 N–H and O–H groups in total. The van der Waals surface area contributed by atoms with E-state index in [0.29, 0.717) is 31.6 Å². The van der Waals surface area contributed by atoms with Crippen molar-refractivity contribution in [3.05, 3.63) is 24.3 Å². The Hall–Kier alpha value is -3.09. The Morgan fingerprint density at radius 1 is 1.00 bits per heavy atom. The lowest BCUT2D eigenvalue weighted by Gasteiger charge is -2.34. The summed E-state index contributed by atoms with van der Waals surface area (Å²) in [6, 6.07) is -1.71. The van der Waals surface area contributed by atoms with Gasteiger partial charge in [0.1, 0.15) is 24.6 Å². The van der Waals surface area contributed by atoms with E-state index in [4.69, 9.17) is 9.47 Å². The van der Waals surface area contributed by atoms with Gasteiger partial charge in [-0.3, -0.25) is 29.0 Å². The minimum absolute atomic E-state index is 0.00864. The number of fused-ring (bicyclic) bond motifs is 1. The topological polar surface area (TPSA) is 165 Å². The van der Waals surface area contributed by atoms with Gasteiger partial charge >= 0.3 is 0 Å². The molecule has 2 heterocycles. The molecule has 0 radical (unpaired) electrons. The number of nitrogens with one attached hydrogen (secondary N) is 1. The molecule has 3 fully saturated rings. The van der Waals surface area contributed by atoms with Gasteiger partial charge in [-0.05, 0) is 61.7 Å². The average molecular weight is 685 g/mol. The number of hydrogen-bond acceptors (Lipinski definition) is 10. The summed E-state index contributed by atoms with van der Waals surface area (Å²) in [5, 5.41) is 14.0. The molecule has 49 heavy (non-hydrogen) atoms. The van der Waals surface area contributed by atoms with Crippen molar-refractivity contribution in [1.82, 2.24) is 20.2 Å². The van der Waals surface area contributed by atoms with Crippen molar-refractivity contribution in [1.29, 1.82) is 0 Å². The first-order chi connectivity index (χ1) is 23.4. The summed E-state index contributed by atoms with van der Waals surface area (Å²) in [5.41, 5.74) is 0.174. The van der Waals surface area contributed by atoms with Gasteiger partial charge in [0, 0.05) is 57.1 Å². The SMILES string of the molecule is CCCC(CC(=O)C1[C@H]2CC[C@@H](OCOC)[C@H]2CN1C(=O)[C@@H](NC(=O)[C@H](CC(=O)c1cnccn1)C(C)C)C(C)C)C(O)C(=O)CC1CC1. The minimum atomic E-state index is -1.22. The number of ketones is 3. The molecule has 0 aromatic carbocycles. The molecule has 1 aromatic rings. The second-order valence-electron chi connectivity index (χ2n) is 15.0. The van der Waals surface area contributed by atoms with E-state index in [0.717, 1.165) is 19.3 Å². The predicted octanol–water partition coefficient (Wildman–Crippen LogP) is 3.79. The summed E-state index contributed by atoms with van der Waals surface area (Å²) in [5.74, 6) is -3.15. The largest absolute Gasteiger partial charge is 0.385 e. The molecule has 12 heteroatoms. The number of Topliss-reactive ketones (excluding diaryl/α,β-unsaturated/α-hetero) is 3. The second-order valence-corrected chi connectivity index (χ2v) is 15.0. The summed E-state index contributed by atoms with van der Waals surface area (Å²) in [6.07, 6.45) is 7.72. The number of nitrogens with zero attached hydrogens (tertiary/aromatic N) is 3. The standard InChI is InChI=1S/C37H56N4O8/c1-7-8-24(35(45)31(44)15-23-9-10-23)16-30(43)34-25-11-12-32(49-20-48-6)27(25)19-41(34)37(47)33(22(4)5)40-36(46)26(21(2)3)17-29(42)28-18-38-13-14-39-28/h13-14,18,21-27,32-35,45H,7-12,15-17,19-20H2,1-6H3,(H,40,46)/t24?,25-,26+,27-,32+,33-,34?,35?/m0/s1. The number of likely N-dealkylation sites (tertiary alicyclic amines) is 1. The van der Waals surface area contributed by atoms with E-state index >= 15 is 0 Å². The van der Waals surface area contributed by atoms with Crippen molar-refractivity contribution in [3.63, 3.8) is 0 Å². The normalized spacial score (nSPS) is 24.4. The fourth-order valence-electron chi connectivity index (χ4n) is 7.72. The summed E-state index contributed by atoms with van der Waals surface area (Å²) in [6.45, 7) is 9.75. The molecular weight excluding hydrogens is 628 g/mol. The van der Waals surface area contributed by atoms with E-state index in [1.807, 2.05) is 34.6 Å². The van der Waals surface area contributed by atoms with Crippen LogP contribution in [0.25, 0.3) is 0 Å². The monoisotopic (exact) mass is 684 g/mol. The first-order valence-corrected chi connectivity index (χ1v) is 18.1. The van der Waals surface area contributed by atoms with E-state index in [1.54, 1.807) is 12.0 Å². The molecule has 1 aromatic heterocycles. The highest BCUT2D eigenvalue weighted by Gasteiger charge is 2.54. The zero-order valence-electron chi connectivity index (χ0n) is 30.0. The van der Waals surface area contributed by atoms with Gasteiger partial charge in [-0.25, -0.2) is 4.98 Å². The maximum absolute atomic E-state index is 14.5. The molecule has 2 saturated carbocycles. The first kappa shape index (κ1) is 38.7. The van der Waals surface area contributed by atoms with Crippen LogP contribution in [-0.2, 0) is 28.7 Å². The van der Waals surface area contributed by atoms with Crippen molar-refractivity contribution in [3.8, 4) is 0 Å². The molecule has 3 aliphatic rings. The van der Waals surface area contributed by atoms with Crippen LogP contribution in [0.3, 0.4) is 0 Å². The van der Waals surface area contributed by atoms with Gasteiger partial charge < -0.3 is 24.8 Å². The summed E-state index contributed by atoms with van der Waals surface area (Å²) in [4.78, 5) is 78.1. The van der Waals surface area contributed by atoms with Gasteiger partial charge in [-0.15, -0.1) is 0 Å². The van der Waals surface area contributed by atoms with E-state index in [2.05, 4.69) is 15.3 Å². The third-order valence-corrected chi connectivity index (χ3v) is 10.7. The second kappa shape index (κ2) is 17.7. The molecular formula is C37H56N4O8. The number of hydrogen-bond donors (Lipinski definition) is 2. The quantitative estimate of drug-likeness (QED) is 0.153. The van der Waals surface area contributed by atoms with Crippen LogP contribution in [0.15, 0.2) is 18.6 Å². The van der Waals surface area contributed by atoms with Crippen molar-refractivity contribution in [2.75, 3.05) is 20.4 Å². The fourth-order valence-corrected chi connectivity index (χ4v) is 7.72. The van der Waals surface area contributed by atoms with Gasteiger partial charge in [-0.2, -0.15) is 0 Å². The van der Waals surface area contributed by atoms with Crippen molar-refractivity contribution in [2.45, 2.75) is 117 Å². The molecule has 272 valence electrons. The highest BCUT2D eigenvalue weighted by molar-refractivity contribution is 5.98. The number of amides is 2. The maximum atomic E-state index is 14.5. The van der Waals surface area contributed by atoms with Crippen LogP contribution in [0.2, 0.25) is 0 Å². The molecule has 4 rings (SSSR count). The van der Waals surface area contributed by atoms with Crippen molar-refractivity contribution < 1.29 is 38.6 Å². The first-order valence-electron chi connectivity index (χ1n) is 18.1. The van der Waals surface area contributed by atoms with Crippen LogP contribution in [-0.4, -0.2) is 93.9 Å². The van der Waals surface area contributed by atoms with Crippen LogP contribution in [0.4, 0.5) is 0 Å². The summed E-state index contributed by atoms with van der Waals surface area (Å²) >= 11 is 0. The van der Waals surface area contributed by atoms with Gasteiger partial charge in [0.2, 0.25) is 11.8 Å². The zero-order valence-corrected chi connectivity index (χ0v) is 30.0. The molecule has 2 aliphatic carbocycles. The fraction of sp³-hybridized carbons (Fsp3) is 0.757. The molecule has 2 amide bonds. The van der Waals surface area contributed by atoms with E-state index in [-0.39, 0.29) is 84.9 Å². The Morgan fingerprint density at radius 2 is 1.73 bits per heavy atom. The van der Waals surface area contributed by atoms with E-state index < -0.39 is 35.9 Å². The van der Waals surface area contributed by atoms with Crippen LogP contribution < -0.4 is 5.32 Å². The molecule has 1 aliphatic heterocycles. The molecule has 1 saturated heterocycles. The smallest absolute Gasteiger partial charge is 0.246 e. The maximum Gasteiger partial charge on any atom is 0.246 e. The number of ether oxygens (including phenoxy) is 2. The number of aromatic nitrogens is 2. The van der Waals surface area contributed by atoms with Crippen LogP contribution >= 0.6 is 0 Å². The lowest BCUT2D eigenvalue weighted by Crippen LogP contribution is -2.56. The van der Waals surface area contributed by atoms with Gasteiger partial charge in [-0.1, -0.05) is 41.0 Å². The summed E-state index contributed by atoms with van der Waals surface area (Å²) < 4.78 is 11.2. The van der Waals surface area contributed by atoms with Gasteiger partial charge in [0.15, 0.2) is 17.3 Å².